The Labute approximate surface area is 298 Å². The Balaban J connectivity index is 1.18. The summed E-state index contributed by atoms with van der Waals surface area (Å²) in [6, 6.07) is 73.8. The Morgan fingerprint density at radius 3 is 1.43 bits per heavy atom. The highest BCUT2D eigenvalue weighted by Gasteiger charge is 2.41. The third-order valence-electron chi connectivity index (χ3n) is 10.7. The van der Waals surface area contributed by atoms with E-state index in [-0.39, 0.29) is 0 Å². The van der Waals surface area contributed by atoms with Gasteiger partial charge in [-0.1, -0.05) is 152 Å². The molecule has 2 nitrogen and oxygen atoms in total. The summed E-state index contributed by atoms with van der Waals surface area (Å²) in [5.41, 5.74) is 5.99. The van der Waals surface area contributed by atoms with Gasteiger partial charge in [0.2, 0.25) is 0 Å². The van der Waals surface area contributed by atoms with Crippen LogP contribution in [0.15, 0.2) is 206 Å². The fourth-order valence-corrected chi connectivity index (χ4v) is 13.3. The highest BCUT2D eigenvalue weighted by atomic mass is 28.3. The molecule has 3 heteroatoms. The maximum absolute atomic E-state index is 2.61. The van der Waals surface area contributed by atoms with Crippen LogP contribution in [0.4, 0.5) is 0 Å². The zero-order valence-electron chi connectivity index (χ0n) is 28.0. The molecule has 8 aromatic carbocycles. The number of aromatic nitrogens is 2. The Bertz CT molecular complexity index is 2720. The molecule has 0 aliphatic heterocycles. The minimum atomic E-state index is -2.61. The fraction of sp³-hybridized carbons (Fsp3) is 0. The molecule has 0 N–H and O–H groups in total. The standard InChI is InChI=1S/C48H34N2Si/c1-5-15-35(16-6-1)49-34-33-42-41-29-32-47-48(43(41)30-31-45(42)49)44-23-13-14-24-46(44)50(47)36-25-27-40(28-26-36)51(37-17-7-2-8-18-37,38-19-9-3-10-20-38)39-21-11-4-12-22-39/h1-34H. The zero-order chi connectivity index (χ0) is 33.8. The van der Waals surface area contributed by atoms with Crippen LogP contribution in [0.1, 0.15) is 0 Å². The van der Waals surface area contributed by atoms with Crippen molar-refractivity contribution >= 4 is 72.3 Å². The minimum absolute atomic E-state index is 1.16. The van der Waals surface area contributed by atoms with Crippen LogP contribution < -0.4 is 20.7 Å². The molecule has 0 fully saturated rings. The van der Waals surface area contributed by atoms with Crippen LogP contribution in [-0.4, -0.2) is 17.2 Å². The normalized spacial score (nSPS) is 11.9. The molecule has 10 rings (SSSR count). The minimum Gasteiger partial charge on any atom is -0.317 e. The second-order valence-corrected chi connectivity index (χ2v) is 17.1. The first-order valence-electron chi connectivity index (χ1n) is 17.6. The zero-order valence-corrected chi connectivity index (χ0v) is 29.0. The SMILES string of the molecule is c1ccc(-n2ccc3c4ccc5c(c4ccc32)c2ccccc2n5-c2ccc([Si](c3ccccc3)(c3ccccc3)c3ccccc3)cc2)cc1. The summed E-state index contributed by atoms with van der Waals surface area (Å²) in [6.45, 7) is 0. The quantitative estimate of drug-likeness (QED) is 0.124. The van der Waals surface area contributed by atoms with Crippen molar-refractivity contribution < 1.29 is 0 Å². The summed E-state index contributed by atoms with van der Waals surface area (Å²) < 4.78 is 4.73. The lowest BCUT2D eigenvalue weighted by atomic mass is 10.0. The van der Waals surface area contributed by atoms with Crippen molar-refractivity contribution in [2.75, 3.05) is 0 Å². The molecule has 0 atom stereocenters. The molecule has 0 unspecified atom stereocenters. The van der Waals surface area contributed by atoms with Crippen molar-refractivity contribution in [3.63, 3.8) is 0 Å². The van der Waals surface area contributed by atoms with Crippen molar-refractivity contribution in [1.82, 2.24) is 9.13 Å². The molecule has 0 saturated heterocycles. The number of hydrogen-bond donors (Lipinski definition) is 0. The van der Waals surface area contributed by atoms with Crippen LogP contribution in [0.25, 0.3) is 54.9 Å². The van der Waals surface area contributed by atoms with Crippen molar-refractivity contribution in [3.05, 3.63) is 206 Å². The summed E-state index contributed by atoms with van der Waals surface area (Å²) >= 11 is 0. The van der Waals surface area contributed by atoms with Gasteiger partial charge in [-0.15, -0.1) is 0 Å². The van der Waals surface area contributed by atoms with Gasteiger partial charge in [0.1, 0.15) is 0 Å². The fourth-order valence-electron chi connectivity index (χ4n) is 8.52. The van der Waals surface area contributed by atoms with E-state index in [2.05, 4.69) is 216 Å². The molecule has 0 aliphatic rings. The first-order chi connectivity index (χ1) is 25.3. The molecule has 2 heterocycles. The van der Waals surface area contributed by atoms with Crippen LogP contribution in [-0.2, 0) is 0 Å². The molecule has 0 radical (unpaired) electrons. The Kier molecular flexibility index (Phi) is 6.86. The van der Waals surface area contributed by atoms with Gasteiger partial charge in [-0.25, -0.2) is 0 Å². The number of fused-ring (bicyclic) bond motifs is 7. The molecule has 2 aromatic heterocycles. The third-order valence-corrected chi connectivity index (χ3v) is 15.5. The average Bonchev–Trinajstić information content (AvgIpc) is 3.80. The lowest BCUT2D eigenvalue weighted by molar-refractivity contribution is 1.13. The van der Waals surface area contributed by atoms with E-state index in [9.17, 15) is 0 Å². The number of hydrogen-bond acceptors (Lipinski definition) is 0. The van der Waals surface area contributed by atoms with Gasteiger partial charge in [0.05, 0.1) is 16.6 Å². The smallest absolute Gasteiger partial charge is 0.179 e. The van der Waals surface area contributed by atoms with Gasteiger partial charge in [0.25, 0.3) is 0 Å². The van der Waals surface area contributed by atoms with E-state index in [1.165, 1.54) is 69.9 Å². The first kappa shape index (κ1) is 29.5. The highest BCUT2D eigenvalue weighted by molar-refractivity contribution is 7.19. The molecule has 0 amide bonds. The van der Waals surface area contributed by atoms with Crippen LogP contribution in [0.5, 0.6) is 0 Å². The molecule has 0 saturated carbocycles. The summed E-state index contributed by atoms with van der Waals surface area (Å²) in [5, 5.41) is 11.9. The summed E-state index contributed by atoms with van der Waals surface area (Å²) in [4.78, 5) is 0. The molecule has 0 spiro atoms. The summed E-state index contributed by atoms with van der Waals surface area (Å²) in [5.74, 6) is 0. The lowest BCUT2D eigenvalue weighted by Crippen LogP contribution is -2.74. The van der Waals surface area contributed by atoms with E-state index in [1.807, 2.05) is 0 Å². The number of benzene rings is 8. The Hall–Kier alpha value is -6.42. The van der Waals surface area contributed by atoms with Crippen molar-refractivity contribution in [2.24, 2.45) is 0 Å². The number of rotatable bonds is 6. The van der Waals surface area contributed by atoms with E-state index in [1.54, 1.807) is 0 Å². The van der Waals surface area contributed by atoms with Gasteiger partial charge < -0.3 is 9.13 Å². The van der Waals surface area contributed by atoms with E-state index < -0.39 is 8.07 Å². The summed E-state index contributed by atoms with van der Waals surface area (Å²) in [7, 11) is -2.61. The van der Waals surface area contributed by atoms with Crippen LogP contribution >= 0.6 is 0 Å². The third kappa shape index (κ3) is 4.49. The lowest BCUT2D eigenvalue weighted by Gasteiger charge is -2.34. The van der Waals surface area contributed by atoms with Gasteiger partial charge in [-0.05, 0) is 80.1 Å². The maximum Gasteiger partial charge on any atom is 0.179 e. The number of nitrogens with zero attached hydrogens (tertiary/aromatic N) is 2. The van der Waals surface area contributed by atoms with Gasteiger partial charge in [0, 0.05) is 33.7 Å². The average molecular weight is 667 g/mol. The van der Waals surface area contributed by atoms with E-state index in [4.69, 9.17) is 0 Å². The van der Waals surface area contributed by atoms with E-state index in [0.717, 1.165) is 5.69 Å². The van der Waals surface area contributed by atoms with Gasteiger partial charge in [-0.2, -0.15) is 0 Å². The molecule has 240 valence electrons. The largest absolute Gasteiger partial charge is 0.317 e. The van der Waals surface area contributed by atoms with E-state index >= 15 is 0 Å². The molecule has 0 aliphatic carbocycles. The first-order valence-corrected chi connectivity index (χ1v) is 19.6. The number of para-hydroxylation sites is 2. The molecule has 51 heavy (non-hydrogen) atoms. The topological polar surface area (TPSA) is 9.86 Å². The molecular formula is C48H34N2Si. The highest BCUT2D eigenvalue weighted by Crippen LogP contribution is 2.39. The summed E-state index contributed by atoms with van der Waals surface area (Å²) in [6.07, 6.45) is 2.19. The van der Waals surface area contributed by atoms with Crippen molar-refractivity contribution in [3.8, 4) is 11.4 Å². The van der Waals surface area contributed by atoms with E-state index in [0.29, 0.717) is 0 Å². The van der Waals surface area contributed by atoms with Gasteiger partial charge >= 0.3 is 0 Å². The van der Waals surface area contributed by atoms with Crippen molar-refractivity contribution in [1.29, 1.82) is 0 Å². The second kappa shape index (κ2) is 11.9. The van der Waals surface area contributed by atoms with Gasteiger partial charge in [0.15, 0.2) is 8.07 Å². The van der Waals surface area contributed by atoms with Crippen molar-refractivity contribution in [2.45, 2.75) is 0 Å². The second-order valence-electron chi connectivity index (χ2n) is 13.3. The predicted octanol–water partition coefficient (Wildman–Crippen LogP) is 9.26. The maximum atomic E-state index is 2.45. The molecule has 0 bridgehead atoms. The molecular weight excluding hydrogens is 633 g/mol. The van der Waals surface area contributed by atoms with Crippen LogP contribution in [0, 0.1) is 0 Å². The predicted molar refractivity (Wildman–Crippen MR) is 219 cm³/mol. The van der Waals surface area contributed by atoms with Crippen LogP contribution in [0.2, 0.25) is 0 Å². The Morgan fingerprint density at radius 1 is 0.294 bits per heavy atom. The van der Waals surface area contributed by atoms with Gasteiger partial charge in [-0.3, -0.25) is 0 Å². The monoisotopic (exact) mass is 666 g/mol. The van der Waals surface area contributed by atoms with Crippen LogP contribution in [0.3, 0.4) is 0 Å². The molecule has 10 aromatic rings. The Morgan fingerprint density at radius 2 is 0.804 bits per heavy atom.